The highest BCUT2D eigenvalue weighted by atomic mass is 32.2. The molecule has 2 aromatic rings. The van der Waals surface area contributed by atoms with E-state index in [-0.39, 0.29) is 5.91 Å². The minimum Gasteiger partial charge on any atom is -0.343 e. The molecule has 1 heterocycles. The van der Waals surface area contributed by atoms with Gasteiger partial charge in [-0.15, -0.1) is 10.2 Å². The maximum absolute atomic E-state index is 12.1. The Hall–Kier alpha value is -1.60. The third kappa shape index (κ3) is 4.70. The van der Waals surface area contributed by atoms with Crippen molar-refractivity contribution >= 4 is 39.8 Å². The number of nitrogens with zero attached hydrogens (tertiary/aromatic N) is 3. The van der Waals surface area contributed by atoms with E-state index in [1.807, 2.05) is 18.7 Å². The predicted octanol–water partition coefficient (Wildman–Crippen LogP) is 4.11. The van der Waals surface area contributed by atoms with Crippen molar-refractivity contribution in [3.63, 3.8) is 0 Å². The summed E-state index contributed by atoms with van der Waals surface area (Å²) in [5, 5.41) is 12.5. The number of carbonyl (C=O) groups is 1. The second-order valence-electron chi connectivity index (χ2n) is 5.32. The maximum atomic E-state index is 12.1. The molecule has 24 heavy (non-hydrogen) atoms. The molecule has 0 bridgehead atoms. The van der Waals surface area contributed by atoms with Gasteiger partial charge in [0.15, 0.2) is 4.34 Å². The number of amides is 1. The standard InChI is InChI=1S/C17H24N4OS2/c1-5-13-10-8-9-12(4)15(13)18-16-19-20-17(24-16)23-11-14(22)21(6-2)7-3/h8-10H,5-7,11H2,1-4H3,(H,18,19). The fraction of sp³-hybridized carbons (Fsp3) is 0.471. The van der Waals surface area contributed by atoms with Crippen LogP contribution in [0.1, 0.15) is 31.9 Å². The Balaban J connectivity index is 2.00. The number of aryl methyl sites for hydroxylation is 2. The largest absolute Gasteiger partial charge is 0.343 e. The molecule has 1 aromatic heterocycles. The van der Waals surface area contributed by atoms with E-state index in [0.29, 0.717) is 5.75 Å². The Labute approximate surface area is 151 Å². The number of para-hydroxylation sites is 1. The molecule has 1 amide bonds. The number of hydrogen-bond acceptors (Lipinski definition) is 6. The zero-order valence-corrected chi connectivity index (χ0v) is 16.3. The Kier molecular flexibility index (Phi) is 7.05. The first-order valence-corrected chi connectivity index (χ1v) is 9.98. The minimum atomic E-state index is 0.141. The van der Waals surface area contributed by atoms with Crippen molar-refractivity contribution in [3.8, 4) is 0 Å². The molecule has 130 valence electrons. The van der Waals surface area contributed by atoms with Gasteiger partial charge in [0.05, 0.1) is 5.75 Å². The molecule has 0 aliphatic heterocycles. The summed E-state index contributed by atoms with van der Waals surface area (Å²) in [6, 6.07) is 6.27. The van der Waals surface area contributed by atoms with Crippen LogP contribution < -0.4 is 5.32 Å². The van der Waals surface area contributed by atoms with Crippen LogP contribution in [-0.4, -0.2) is 39.8 Å². The van der Waals surface area contributed by atoms with Crippen LogP contribution in [0.3, 0.4) is 0 Å². The van der Waals surface area contributed by atoms with Gasteiger partial charge in [-0.25, -0.2) is 0 Å². The van der Waals surface area contributed by atoms with Crippen LogP contribution in [0.15, 0.2) is 22.5 Å². The molecule has 0 fully saturated rings. The van der Waals surface area contributed by atoms with Crippen molar-refractivity contribution in [2.24, 2.45) is 0 Å². The summed E-state index contributed by atoms with van der Waals surface area (Å²) >= 11 is 2.93. The zero-order chi connectivity index (χ0) is 17.5. The Morgan fingerprint density at radius 2 is 2.00 bits per heavy atom. The number of aromatic nitrogens is 2. The van der Waals surface area contributed by atoms with E-state index in [0.717, 1.165) is 34.7 Å². The molecule has 0 spiro atoms. The fourth-order valence-corrected chi connectivity index (χ4v) is 4.08. The number of carbonyl (C=O) groups excluding carboxylic acids is 1. The van der Waals surface area contributed by atoms with E-state index in [1.54, 1.807) is 0 Å². The van der Waals surface area contributed by atoms with Crippen molar-refractivity contribution in [1.82, 2.24) is 15.1 Å². The molecular formula is C17H24N4OS2. The lowest BCUT2D eigenvalue weighted by Gasteiger charge is -2.17. The van der Waals surface area contributed by atoms with Gasteiger partial charge >= 0.3 is 0 Å². The third-order valence-corrected chi connectivity index (χ3v) is 5.77. The van der Waals surface area contributed by atoms with Crippen molar-refractivity contribution < 1.29 is 4.79 Å². The van der Waals surface area contributed by atoms with Crippen LogP contribution in [0.5, 0.6) is 0 Å². The highest BCUT2D eigenvalue weighted by Gasteiger charge is 2.13. The van der Waals surface area contributed by atoms with Crippen molar-refractivity contribution in [2.75, 3.05) is 24.2 Å². The second-order valence-corrected chi connectivity index (χ2v) is 7.52. The highest BCUT2D eigenvalue weighted by Crippen LogP contribution is 2.30. The first kappa shape index (κ1) is 18.7. The number of hydrogen-bond donors (Lipinski definition) is 1. The van der Waals surface area contributed by atoms with Crippen LogP contribution >= 0.6 is 23.1 Å². The van der Waals surface area contributed by atoms with Crippen LogP contribution in [-0.2, 0) is 11.2 Å². The molecule has 1 aromatic carbocycles. The number of benzene rings is 1. The lowest BCUT2D eigenvalue weighted by Crippen LogP contribution is -2.31. The van der Waals surface area contributed by atoms with Crippen molar-refractivity contribution in [3.05, 3.63) is 29.3 Å². The van der Waals surface area contributed by atoms with E-state index in [9.17, 15) is 4.79 Å². The van der Waals surface area contributed by atoms with Gasteiger partial charge in [0, 0.05) is 18.8 Å². The van der Waals surface area contributed by atoms with E-state index < -0.39 is 0 Å². The molecule has 0 aliphatic carbocycles. The molecule has 1 N–H and O–H groups in total. The molecule has 0 saturated carbocycles. The summed E-state index contributed by atoms with van der Waals surface area (Å²) in [5.41, 5.74) is 3.55. The Morgan fingerprint density at radius 1 is 1.25 bits per heavy atom. The number of anilines is 2. The second kappa shape index (κ2) is 9.03. The van der Waals surface area contributed by atoms with Gasteiger partial charge in [0.2, 0.25) is 11.0 Å². The normalized spacial score (nSPS) is 10.7. The fourth-order valence-electron chi connectivity index (χ4n) is 2.42. The third-order valence-electron chi connectivity index (χ3n) is 3.81. The van der Waals surface area contributed by atoms with E-state index in [1.165, 1.54) is 34.2 Å². The summed E-state index contributed by atoms with van der Waals surface area (Å²) < 4.78 is 0.810. The molecule has 7 heteroatoms. The summed E-state index contributed by atoms with van der Waals surface area (Å²) in [7, 11) is 0. The van der Waals surface area contributed by atoms with E-state index >= 15 is 0 Å². The average Bonchev–Trinajstić information content (AvgIpc) is 3.03. The molecule has 0 saturated heterocycles. The summed E-state index contributed by atoms with van der Waals surface area (Å²) in [5.74, 6) is 0.544. The summed E-state index contributed by atoms with van der Waals surface area (Å²) in [4.78, 5) is 13.9. The van der Waals surface area contributed by atoms with Gasteiger partial charge in [-0.3, -0.25) is 4.79 Å². The first-order valence-electron chi connectivity index (χ1n) is 8.18. The summed E-state index contributed by atoms with van der Waals surface area (Å²) in [6.45, 7) is 9.69. The number of rotatable bonds is 8. The van der Waals surface area contributed by atoms with Gasteiger partial charge in [-0.05, 0) is 38.3 Å². The summed E-state index contributed by atoms with van der Waals surface area (Å²) in [6.07, 6.45) is 0.961. The number of nitrogens with one attached hydrogen (secondary N) is 1. The predicted molar refractivity (Wildman–Crippen MR) is 102 cm³/mol. The molecule has 0 atom stereocenters. The van der Waals surface area contributed by atoms with Gasteiger partial charge in [0.1, 0.15) is 0 Å². The zero-order valence-electron chi connectivity index (χ0n) is 14.6. The molecule has 0 radical (unpaired) electrons. The van der Waals surface area contributed by atoms with E-state index in [4.69, 9.17) is 0 Å². The maximum Gasteiger partial charge on any atom is 0.233 e. The monoisotopic (exact) mass is 364 g/mol. The Morgan fingerprint density at radius 3 is 2.67 bits per heavy atom. The quantitative estimate of drug-likeness (QED) is 0.714. The lowest BCUT2D eigenvalue weighted by molar-refractivity contribution is -0.127. The van der Waals surface area contributed by atoms with Gasteiger partial charge in [-0.1, -0.05) is 48.2 Å². The smallest absolute Gasteiger partial charge is 0.233 e. The van der Waals surface area contributed by atoms with Crippen molar-refractivity contribution in [2.45, 2.75) is 38.5 Å². The molecule has 0 unspecified atom stereocenters. The minimum absolute atomic E-state index is 0.141. The molecule has 2 rings (SSSR count). The SMILES string of the molecule is CCc1cccc(C)c1Nc1nnc(SCC(=O)N(CC)CC)s1. The average molecular weight is 365 g/mol. The topological polar surface area (TPSA) is 58.1 Å². The molecule has 0 aliphatic rings. The highest BCUT2D eigenvalue weighted by molar-refractivity contribution is 8.01. The van der Waals surface area contributed by atoms with Crippen LogP contribution in [0.2, 0.25) is 0 Å². The molecule has 5 nitrogen and oxygen atoms in total. The Bertz CT molecular complexity index is 683. The van der Waals surface area contributed by atoms with Gasteiger partial charge in [0.25, 0.3) is 0 Å². The molecular weight excluding hydrogens is 340 g/mol. The van der Waals surface area contributed by atoms with Gasteiger partial charge < -0.3 is 10.2 Å². The lowest BCUT2D eigenvalue weighted by atomic mass is 10.1. The van der Waals surface area contributed by atoms with Crippen LogP contribution in [0.25, 0.3) is 0 Å². The van der Waals surface area contributed by atoms with Gasteiger partial charge in [-0.2, -0.15) is 0 Å². The van der Waals surface area contributed by atoms with Crippen LogP contribution in [0, 0.1) is 6.92 Å². The number of thioether (sulfide) groups is 1. The van der Waals surface area contributed by atoms with Crippen molar-refractivity contribution in [1.29, 1.82) is 0 Å². The van der Waals surface area contributed by atoms with E-state index in [2.05, 4.69) is 47.6 Å². The first-order chi connectivity index (χ1) is 11.6. The van der Waals surface area contributed by atoms with Crippen LogP contribution in [0.4, 0.5) is 10.8 Å².